The van der Waals surface area contributed by atoms with Crippen molar-refractivity contribution in [3.63, 3.8) is 0 Å². The van der Waals surface area contributed by atoms with E-state index in [1.165, 1.54) is 0 Å². The number of rotatable bonds is 4. The minimum atomic E-state index is -0.330. The fourth-order valence-corrected chi connectivity index (χ4v) is 3.60. The highest BCUT2D eigenvalue weighted by Gasteiger charge is 2.47. The van der Waals surface area contributed by atoms with Gasteiger partial charge in [0.25, 0.3) is 0 Å². The Bertz CT molecular complexity index is 724. The number of anilines is 1. The molecule has 0 bridgehead atoms. The summed E-state index contributed by atoms with van der Waals surface area (Å²) in [5, 5.41) is 6.75. The van der Waals surface area contributed by atoms with Crippen LogP contribution in [0.2, 0.25) is 0 Å². The standard InChI is InChI=1S/C18H21N3O3/c1-13-9-15(20-24-13)19-17(22)16(14-5-3-2-4-6-14)21-8-7-18(10-21)11-23-12-18/h2-6,9,16H,7-8,10-12H2,1H3,(H,19,20,22). The molecule has 1 N–H and O–H groups in total. The van der Waals surface area contributed by atoms with E-state index in [1.54, 1.807) is 13.0 Å². The summed E-state index contributed by atoms with van der Waals surface area (Å²) < 4.78 is 10.4. The van der Waals surface area contributed by atoms with E-state index in [2.05, 4.69) is 15.4 Å². The molecule has 6 heteroatoms. The summed E-state index contributed by atoms with van der Waals surface area (Å²) in [4.78, 5) is 15.2. The Kier molecular flexibility index (Phi) is 3.86. The molecule has 1 aromatic heterocycles. The van der Waals surface area contributed by atoms with Gasteiger partial charge < -0.3 is 14.6 Å². The van der Waals surface area contributed by atoms with Crippen LogP contribution in [0.5, 0.6) is 0 Å². The third-order valence-electron chi connectivity index (χ3n) is 4.89. The van der Waals surface area contributed by atoms with Crippen molar-refractivity contribution in [2.75, 3.05) is 31.6 Å². The molecule has 2 aliphatic heterocycles. The van der Waals surface area contributed by atoms with Crippen molar-refractivity contribution < 1.29 is 14.1 Å². The summed E-state index contributed by atoms with van der Waals surface area (Å²) in [6.07, 6.45) is 1.08. The third kappa shape index (κ3) is 2.83. The van der Waals surface area contributed by atoms with Gasteiger partial charge in [-0.15, -0.1) is 0 Å². The number of hydrogen-bond donors (Lipinski definition) is 1. The maximum atomic E-state index is 13.0. The maximum absolute atomic E-state index is 13.0. The van der Waals surface area contributed by atoms with Crippen LogP contribution >= 0.6 is 0 Å². The molecule has 2 aromatic rings. The summed E-state index contributed by atoms with van der Waals surface area (Å²) in [5.41, 5.74) is 1.23. The van der Waals surface area contributed by atoms with Gasteiger partial charge in [-0.25, -0.2) is 0 Å². The molecule has 2 fully saturated rings. The minimum Gasteiger partial charge on any atom is -0.380 e. The second-order valence-corrected chi connectivity index (χ2v) is 6.84. The molecule has 2 aliphatic rings. The third-order valence-corrected chi connectivity index (χ3v) is 4.89. The van der Waals surface area contributed by atoms with E-state index in [9.17, 15) is 4.79 Å². The van der Waals surface area contributed by atoms with Crippen molar-refractivity contribution in [2.24, 2.45) is 5.41 Å². The number of nitrogens with one attached hydrogen (secondary N) is 1. The zero-order valence-corrected chi connectivity index (χ0v) is 13.7. The Morgan fingerprint density at radius 2 is 2.12 bits per heavy atom. The van der Waals surface area contributed by atoms with Crippen LogP contribution in [0.3, 0.4) is 0 Å². The lowest BCUT2D eigenvalue weighted by atomic mass is 9.85. The zero-order chi connectivity index (χ0) is 16.6. The van der Waals surface area contributed by atoms with Crippen molar-refractivity contribution in [2.45, 2.75) is 19.4 Å². The van der Waals surface area contributed by atoms with E-state index in [1.807, 2.05) is 30.3 Å². The SMILES string of the molecule is Cc1cc(NC(=O)C(c2ccccc2)N2CCC3(COC3)C2)no1. The molecule has 0 aliphatic carbocycles. The maximum Gasteiger partial charge on any atom is 0.247 e. The predicted octanol–water partition coefficient (Wildman–Crippen LogP) is 2.39. The molecular weight excluding hydrogens is 306 g/mol. The Hall–Kier alpha value is -2.18. The van der Waals surface area contributed by atoms with Crippen molar-refractivity contribution >= 4 is 11.7 Å². The molecule has 1 amide bonds. The number of amides is 1. The lowest BCUT2D eigenvalue weighted by Gasteiger charge is -2.38. The van der Waals surface area contributed by atoms with Crippen molar-refractivity contribution in [3.8, 4) is 0 Å². The highest BCUT2D eigenvalue weighted by Crippen LogP contribution is 2.41. The second-order valence-electron chi connectivity index (χ2n) is 6.84. The van der Waals surface area contributed by atoms with Gasteiger partial charge in [0.2, 0.25) is 5.91 Å². The Morgan fingerprint density at radius 3 is 2.71 bits per heavy atom. The fourth-order valence-electron chi connectivity index (χ4n) is 3.60. The molecule has 24 heavy (non-hydrogen) atoms. The normalized spacial score (nSPS) is 20.7. The number of likely N-dealkylation sites (tertiary alicyclic amines) is 1. The first-order valence-electron chi connectivity index (χ1n) is 8.26. The van der Waals surface area contributed by atoms with Gasteiger partial charge in [0.05, 0.1) is 13.2 Å². The van der Waals surface area contributed by atoms with Gasteiger partial charge in [0.1, 0.15) is 11.8 Å². The van der Waals surface area contributed by atoms with Crippen LogP contribution in [-0.2, 0) is 9.53 Å². The van der Waals surface area contributed by atoms with Gasteiger partial charge in [-0.3, -0.25) is 9.69 Å². The quantitative estimate of drug-likeness (QED) is 0.934. The van der Waals surface area contributed by atoms with Crippen LogP contribution in [-0.4, -0.2) is 42.3 Å². The molecule has 2 saturated heterocycles. The molecule has 1 spiro atoms. The molecule has 4 rings (SSSR count). The summed E-state index contributed by atoms with van der Waals surface area (Å²) in [7, 11) is 0. The average molecular weight is 327 g/mol. The van der Waals surface area contributed by atoms with Gasteiger partial charge in [0.15, 0.2) is 5.82 Å². The molecule has 1 aromatic carbocycles. The highest BCUT2D eigenvalue weighted by atomic mass is 16.5. The number of hydrogen-bond acceptors (Lipinski definition) is 5. The second kappa shape index (κ2) is 6.03. The molecule has 3 heterocycles. The van der Waals surface area contributed by atoms with E-state index in [0.717, 1.165) is 38.3 Å². The lowest BCUT2D eigenvalue weighted by Crippen LogP contribution is -2.46. The van der Waals surface area contributed by atoms with Crippen LogP contribution in [0, 0.1) is 12.3 Å². The molecule has 6 nitrogen and oxygen atoms in total. The average Bonchev–Trinajstić information content (AvgIpc) is 3.15. The number of aryl methyl sites for hydroxylation is 1. The first kappa shape index (κ1) is 15.4. The lowest BCUT2D eigenvalue weighted by molar-refractivity contribution is -0.124. The number of benzene rings is 1. The monoisotopic (exact) mass is 327 g/mol. The smallest absolute Gasteiger partial charge is 0.247 e. The highest BCUT2D eigenvalue weighted by molar-refractivity contribution is 5.94. The first-order chi connectivity index (χ1) is 11.7. The molecule has 126 valence electrons. The molecule has 1 unspecified atom stereocenters. The predicted molar refractivity (Wildman–Crippen MR) is 88.5 cm³/mol. The number of nitrogens with zero attached hydrogens (tertiary/aromatic N) is 2. The van der Waals surface area contributed by atoms with Gasteiger partial charge >= 0.3 is 0 Å². The van der Waals surface area contributed by atoms with Crippen LogP contribution in [0.1, 0.15) is 23.8 Å². The summed E-state index contributed by atoms with van der Waals surface area (Å²) >= 11 is 0. The number of ether oxygens (including phenoxy) is 1. The van der Waals surface area contributed by atoms with E-state index < -0.39 is 0 Å². The number of aromatic nitrogens is 1. The van der Waals surface area contributed by atoms with Crippen molar-refractivity contribution in [1.29, 1.82) is 0 Å². The van der Waals surface area contributed by atoms with E-state index in [0.29, 0.717) is 11.6 Å². The van der Waals surface area contributed by atoms with Crippen molar-refractivity contribution in [1.82, 2.24) is 10.1 Å². The van der Waals surface area contributed by atoms with Crippen LogP contribution in [0.4, 0.5) is 5.82 Å². The fraction of sp³-hybridized carbons (Fsp3) is 0.444. The molecule has 0 radical (unpaired) electrons. The minimum absolute atomic E-state index is 0.0770. The molecule has 0 saturated carbocycles. The van der Waals surface area contributed by atoms with Crippen LogP contribution in [0.15, 0.2) is 40.9 Å². The van der Waals surface area contributed by atoms with E-state index in [-0.39, 0.29) is 17.4 Å². The van der Waals surface area contributed by atoms with E-state index >= 15 is 0 Å². The summed E-state index contributed by atoms with van der Waals surface area (Å²) in [6.45, 7) is 5.19. The van der Waals surface area contributed by atoms with Crippen LogP contribution < -0.4 is 5.32 Å². The summed E-state index contributed by atoms with van der Waals surface area (Å²) in [5.74, 6) is 1.06. The Morgan fingerprint density at radius 1 is 1.33 bits per heavy atom. The first-order valence-corrected chi connectivity index (χ1v) is 8.26. The topological polar surface area (TPSA) is 67.6 Å². The molecule has 1 atom stereocenters. The molecular formula is C18H21N3O3. The zero-order valence-electron chi connectivity index (χ0n) is 13.7. The number of carbonyl (C=O) groups excluding carboxylic acids is 1. The van der Waals surface area contributed by atoms with Gasteiger partial charge in [-0.05, 0) is 18.9 Å². The largest absolute Gasteiger partial charge is 0.380 e. The van der Waals surface area contributed by atoms with Gasteiger partial charge in [-0.1, -0.05) is 35.5 Å². The van der Waals surface area contributed by atoms with Crippen molar-refractivity contribution in [3.05, 3.63) is 47.7 Å². The Balaban J connectivity index is 1.57. The van der Waals surface area contributed by atoms with Gasteiger partial charge in [0, 0.05) is 24.6 Å². The Labute approximate surface area is 140 Å². The number of carbonyl (C=O) groups is 1. The van der Waals surface area contributed by atoms with E-state index in [4.69, 9.17) is 9.26 Å². The van der Waals surface area contributed by atoms with Gasteiger partial charge in [-0.2, -0.15) is 0 Å². The summed E-state index contributed by atoms with van der Waals surface area (Å²) in [6, 6.07) is 11.3. The van der Waals surface area contributed by atoms with Crippen LogP contribution in [0.25, 0.3) is 0 Å².